The van der Waals surface area contributed by atoms with Gasteiger partial charge in [0.25, 0.3) is 0 Å². The Balaban J connectivity index is 2.83. The maximum atomic E-state index is 11.9. The van der Waals surface area contributed by atoms with Gasteiger partial charge in [0.2, 0.25) is 10.0 Å². The molecule has 102 valence electrons. The van der Waals surface area contributed by atoms with Crippen molar-refractivity contribution in [3.8, 4) is 0 Å². The van der Waals surface area contributed by atoms with Gasteiger partial charge in [-0.2, -0.15) is 0 Å². The van der Waals surface area contributed by atoms with Crippen molar-refractivity contribution in [2.75, 3.05) is 0 Å². The molecule has 0 aromatic heterocycles. The lowest BCUT2D eigenvalue weighted by molar-refractivity contribution is 0.171. The maximum Gasteiger partial charge on any atom is 0.240 e. The summed E-state index contributed by atoms with van der Waals surface area (Å²) in [5.41, 5.74) is 0.938. The zero-order valence-electron chi connectivity index (χ0n) is 11.1. The number of rotatable bonds is 6. The zero-order chi connectivity index (χ0) is 13.8. The summed E-state index contributed by atoms with van der Waals surface area (Å²) in [5, 5.41) is 9.53. The summed E-state index contributed by atoms with van der Waals surface area (Å²) in [6.07, 6.45) is 0.866. The van der Waals surface area contributed by atoms with Crippen LogP contribution >= 0.6 is 0 Å². The van der Waals surface area contributed by atoms with E-state index in [1.807, 2.05) is 6.92 Å². The number of aliphatic hydroxyl groups excluding tert-OH is 1. The van der Waals surface area contributed by atoms with Crippen molar-refractivity contribution in [1.82, 2.24) is 4.72 Å². The van der Waals surface area contributed by atoms with Gasteiger partial charge in [0.15, 0.2) is 0 Å². The lowest BCUT2D eigenvalue weighted by atomic mass is 10.1. The summed E-state index contributed by atoms with van der Waals surface area (Å²) >= 11 is 0. The van der Waals surface area contributed by atoms with Crippen LogP contribution in [0.15, 0.2) is 29.2 Å². The fourth-order valence-corrected chi connectivity index (χ4v) is 2.85. The topological polar surface area (TPSA) is 66.4 Å². The van der Waals surface area contributed by atoms with Gasteiger partial charge in [0, 0.05) is 6.04 Å². The highest BCUT2D eigenvalue weighted by Crippen LogP contribution is 2.13. The van der Waals surface area contributed by atoms with E-state index in [1.54, 1.807) is 38.1 Å². The molecule has 0 saturated carbocycles. The Morgan fingerprint density at radius 1 is 1.22 bits per heavy atom. The smallest absolute Gasteiger partial charge is 0.240 e. The van der Waals surface area contributed by atoms with Gasteiger partial charge < -0.3 is 5.11 Å². The first kappa shape index (κ1) is 15.1. The van der Waals surface area contributed by atoms with E-state index in [1.165, 1.54) is 0 Å². The molecule has 0 heterocycles. The lowest BCUT2D eigenvalue weighted by Gasteiger charge is -2.11. The van der Waals surface area contributed by atoms with Crippen LogP contribution in [0, 0.1) is 0 Å². The standard InChI is InChI=1S/C13H21NO3S/c1-4-12(15)9-11-5-7-13(8-6-11)18(16,17)14-10(2)3/h5-8,10,12,14-15H,4,9H2,1-3H3. The molecule has 5 heteroatoms. The van der Waals surface area contributed by atoms with E-state index in [9.17, 15) is 13.5 Å². The molecule has 0 radical (unpaired) electrons. The molecule has 0 bridgehead atoms. The molecule has 1 aromatic carbocycles. The van der Waals surface area contributed by atoms with E-state index in [0.29, 0.717) is 12.8 Å². The van der Waals surface area contributed by atoms with Gasteiger partial charge in [-0.1, -0.05) is 19.1 Å². The number of sulfonamides is 1. The highest BCUT2D eigenvalue weighted by Gasteiger charge is 2.15. The molecule has 0 spiro atoms. The Morgan fingerprint density at radius 2 is 1.78 bits per heavy atom. The molecule has 1 unspecified atom stereocenters. The Morgan fingerprint density at radius 3 is 2.22 bits per heavy atom. The molecule has 0 fully saturated rings. The number of hydrogen-bond acceptors (Lipinski definition) is 3. The van der Waals surface area contributed by atoms with E-state index in [0.717, 1.165) is 5.56 Å². The average Bonchev–Trinajstić information content (AvgIpc) is 2.28. The molecule has 0 saturated heterocycles. The predicted molar refractivity (Wildman–Crippen MR) is 71.9 cm³/mol. The summed E-state index contributed by atoms with van der Waals surface area (Å²) in [6.45, 7) is 5.48. The number of aliphatic hydroxyl groups is 1. The third-order valence-corrected chi connectivity index (χ3v) is 4.24. The quantitative estimate of drug-likeness (QED) is 0.827. The second-order valence-electron chi connectivity index (χ2n) is 4.69. The fraction of sp³-hybridized carbons (Fsp3) is 0.538. The van der Waals surface area contributed by atoms with E-state index < -0.39 is 10.0 Å². The lowest BCUT2D eigenvalue weighted by Crippen LogP contribution is -2.30. The Bertz CT molecular complexity index is 466. The van der Waals surface area contributed by atoms with Crippen molar-refractivity contribution in [1.29, 1.82) is 0 Å². The zero-order valence-corrected chi connectivity index (χ0v) is 11.9. The molecule has 0 aliphatic heterocycles. The molecule has 1 rings (SSSR count). The van der Waals surface area contributed by atoms with Crippen molar-refractivity contribution >= 4 is 10.0 Å². The maximum absolute atomic E-state index is 11.9. The van der Waals surface area contributed by atoms with Crippen molar-refractivity contribution < 1.29 is 13.5 Å². The average molecular weight is 271 g/mol. The van der Waals surface area contributed by atoms with E-state index in [-0.39, 0.29) is 17.0 Å². The van der Waals surface area contributed by atoms with Gasteiger partial charge in [-0.3, -0.25) is 0 Å². The first-order chi connectivity index (χ1) is 8.35. The van der Waals surface area contributed by atoms with Crippen LogP contribution in [0.5, 0.6) is 0 Å². The molecule has 0 amide bonds. The largest absolute Gasteiger partial charge is 0.393 e. The molecule has 18 heavy (non-hydrogen) atoms. The minimum atomic E-state index is -3.42. The van der Waals surface area contributed by atoms with Crippen molar-refractivity contribution in [2.45, 2.75) is 50.7 Å². The summed E-state index contributed by atoms with van der Waals surface area (Å²) in [7, 11) is -3.42. The normalized spacial score (nSPS) is 13.8. The first-order valence-electron chi connectivity index (χ1n) is 6.14. The molecule has 1 aromatic rings. The van der Waals surface area contributed by atoms with Gasteiger partial charge in [-0.25, -0.2) is 13.1 Å². The highest BCUT2D eigenvalue weighted by atomic mass is 32.2. The van der Waals surface area contributed by atoms with Gasteiger partial charge in [-0.05, 0) is 44.4 Å². The Hall–Kier alpha value is -0.910. The first-order valence-corrected chi connectivity index (χ1v) is 7.62. The van der Waals surface area contributed by atoms with E-state index in [4.69, 9.17) is 0 Å². The molecule has 4 nitrogen and oxygen atoms in total. The molecule has 0 aliphatic carbocycles. The fourth-order valence-electron chi connectivity index (χ4n) is 1.60. The van der Waals surface area contributed by atoms with Crippen LogP contribution in [0.25, 0.3) is 0 Å². The van der Waals surface area contributed by atoms with E-state index >= 15 is 0 Å². The summed E-state index contributed by atoms with van der Waals surface area (Å²) in [4.78, 5) is 0.255. The second-order valence-corrected chi connectivity index (χ2v) is 6.40. The van der Waals surface area contributed by atoms with Crippen LogP contribution in [-0.4, -0.2) is 25.7 Å². The number of benzene rings is 1. The monoisotopic (exact) mass is 271 g/mol. The predicted octanol–water partition coefficient (Wildman–Crippen LogP) is 1.69. The van der Waals surface area contributed by atoms with Crippen LogP contribution in [-0.2, 0) is 16.4 Å². The molecule has 0 aliphatic rings. The van der Waals surface area contributed by atoms with E-state index in [2.05, 4.69) is 4.72 Å². The van der Waals surface area contributed by atoms with Crippen LogP contribution < -0.4 is 4.72 Å². The Kier molecular flexibility index (Phi) is 5.31. The third kappa shape index (κ3) is 4.40. The van der Waals surface area contributed by atoms with Gasteiger partial charge in [0.05, 0.1) is 11.0 Å². The van der Waals surface area contributed by atoms with Crippen molar-refractivity contribution in [3.05, 3.63) is 29.8 Å². The Labute approximate surface area is 109 Å². The van der Waals surface area contributed by atoms with Crippen molar-refractivity contribution in [3.63, 3.8) is 0 Å². The summed E-state index contributed by atoms with van der Waals surface area (Å²) in [5.74, 6) is 0. The number of nitrogens with one attached hydrogen (secondary N) is 1. The van der Waals surface area contributed by atoms with Crippen LogP contribution in [0.2, 0.25) is 0 Å². The molecular formula is C13H21NO3S. The van der Waals surface area contributed by atoms with Gasteiger partial charge in [-0.15, -0.1) is 0 Å². The van der Waals surface area contributed by atoms with Crippen LogP contribution in [0.1, 0.15) is 32.8 Å². The van der Waals surface area contributed by atoms with Crippen LogP contribution in [0.4, 0.5) is 0 Å². The van der Waals surface area contributed by atoms with Crippen molar-refractivity contribution in [2.24, 2.45) is 0 Å². The molecular weight excluding hydrogens is 250 g/mol. The second kappa shape index (κ2) is 6.31. The third-order valence-electron chi connectivity index (χ3n) is 2.57. The van der Waals surface area contributed by atoms with Gasteiger partial charge >= 0.3 is 0 Å². The highest BCUT2D eigenvalue weighted by molar-refractivity contribution is 7.89. The van der Waals surface area contributed by atoms with Gasteiger partial charge in [0.1, 0.15) is 0 Å². The molecule has 2 N–H and O–H groups in total. The summed E-state index contributed by atoms with van der Waals surface area (Å²) in [6, 6.07) is 6.50. The SMILES string of the molecule is CCC(O)Cc1ccc(S(=O)(=O)NC(C)C)cc1. The van der Waals surface area contributed by atoms with Crippen LogP contribution in [0.3, 0.4) is 0 Å². The number of hydrogen-bond donors (Lipinski definition) is 2. The summed E-state index contributed by atoms with van der Waals surface area (Å²) < 4.78 is 26.3. The minimum absolute atomic E-state index is 0.128. The minimum Gasteiger partial charge on any atom is -0.393 e. The molecule has 1 atom stereocenters.